The molecule has 13 heavy (non-hydrogen) atoms. The van der Waals surface area contributed by atoms with Crippen LogP contribution in [0.15, 0.2) is 0 Å². The smallest absolute Gasteiger partial charge is 0.164 e. The third kappa shape index (κ3) is 5.01. The van der Waals surface area contributed by atoms with Crippen LogP contribution in [0.25, 0.3) is 0 Å². The first-order chi connectivity index (χ1) is 6.13. The van der Waals surface area contributed by atoms with Crippen molar-refractivity contribution < 1.29 is 14.3 Å². The largest absolute Gasteiger partial charge is 0.385 e. The van der Waals surface area contributed by atoms with Gasteiger partial charge >= 0.3 is 0 Å². The highest BCUT2D eigenvalue weighted by Gasteiger charge is 2.19. The Hall–Kier alpha value is -0.410. The molecule has 0 radical (unpaired) electrons. The maximum Gasteiger partial charge on any atom is 0.164 e. The summed E-state index contributed by atoms with van der Waals surface area (Å²) in [6.07, 6.45) is 0.490. The van der Waals surface area contributed by atoms with E-state index in [1.165, 1.54) is 0 Å². The molecule has 0 rings (SSSR count). The molecule has 0 saturated heterocycles. The van der Waals surface area contributed by atoms with Gasteiger partial charge in [0.15, 0.2) is 5.78 Å². The van der Waals surface area contributed by atoms with Gasteiger partial charge in [-0.2, -0.15) is 0 Å². The Kier molecular flexibility index (Phi) is 6.82. The first kappa shape index (κ1) is 12.6. The van der Waals surface area contributed by atoms with Gasteiger partial charge in [0, 0.05) is 26.2 Å². The monoisotopic (exact) mass is 188 g/mol. The van der Waals surface area contributed by atoms with E-state index < -0.39 is 0 Å². The molecule has 0 spiro atoms. The van der Waals surface area contributed by atoms with Crippen LogP contribution < -0.4 is 0 Å². The van der Waals surface area contributed by atoms with Crippen LogP contribution in [0.4, 0.5) is 0 Å². The molecule has 0 bridgehead atoms. The van der Waals surface area contributed by atoms with Crippen LogP contribution in [-0.2, 0) is 14.3 Å². The second kappa shape index (κ2) is 7.04. The molecule has 0 N–H and O–H groups in total. The molecule has 0 fully saturated rings. The van der Waals surface area contributed by atoms with E-state index in [0.29, 0.717) is 13.2 Å². The van der Waals surface area contributed by atoms with Crippen molar-refractivity contribution in [2.45, 2.75) is 33.3 Å². The number of carbonyl (C=O) groups is 1. The lowest BCUT2D eigenvalue weighted by atomic mass is 9.99. The van der Waals surface area contributed by atoms with Gasteiger partial charge in [0.05, 0.1) is 0 Å². The highest BCUT2D eigenvalue weighted by atomic mass is 16.5. The zero-order valence-corrected chi connectivity index (χ0v) is 9.00. The SMILES string of the molecule is CCOC(C)C(=O)C(C)CCOC. The summed E-state index contributed by atoms with van der Waals surface area (Å²) in [6, 6.07) is 0. The van der Waals surface area contributed by atoms with Crippen molar-refractivity contribution in [3.05, 3.63) is 0 Å². The summed E-state index contributed by atoms with van der Waals surface area (Å²) >= 11 is 0. The highest BCUT2D eigenvalue weighted by Crippen LogP contribution is 2.08. The molecule has 2 atom stereocenters. The molecule has 0 aromatic carbocycles. The minimum absolute atomic E-state index is 0.0292. The van der Waals surface area contributed by atoms with Crippen molar-refractivity contribution in [2.75, 3.05) is 20.3 Å². The maximum atomic E-state index is 11.6. The zero-order valence-electron chi connectivity index (χ0n) is 9.00. The Bertz CT molecular complexity index is 145. The molecular weight excluding hydrogens is 168 g/mol. The van der Waals surface area contributed by atoms with Crippen LogP contribution in [0.3, 0.4) is 0 Å². The quantitative estimate of drug-likeness (QED) is 0.609. The van der Waals surface area contributed by atoms with E-state index in [2.05, 4.69) is 0 Å². The molecule has 0 aromatic heterocycles. The Labute approximate surface area is 80.4 Å². The van der Waals surface area contributed by atoms with Gasteiger partial charge in [-0.25, -0.2) is 0 Å². The van der Waals surface area contributed by atoms with Gasteiger partial charge in [-0.15, -0.1) is 0 Å². The highest BCUT2D eigenvalue weighted by molar-refractivity contribution is 5.84. The molecular formula is C10H20O3. The fourth-order valence-electron chi connectivity index (χ4n) is 1.17. The Morgan fingerprint density at radius 2 is 2.00 bits per heavy atom. The van der Waals surface area contributed by atoms with Gasteiger partial charge in [0.1, 0.15) is 6.10 Å². The fraction of sp³-hybridized carbons (Fsp3) is 0.900. The van der Waals surface area contributed by atoms with E-state index in [0.717, 1.165) is 6.42 Å². The number of ether oxygens (including phenoxy) is 2. The molecule has 0 aliphatic rings. The number of hydrogen-bond acceptors (Lipinski definition) is 3. The Balaban J connectivity index is 3.79. The summed E-state index contributed by atoms with van der Waals surface area (Å²) in [4.78, 5) is 11.6. The summed E-state index contributed by atoms with van der Waals surface area (Å²) < 4.78 is 10.1. The third-order valence-electron chi connectivity index (χ3n) is 2.06. The van der Waals surface area contributed by atoms with Gasteiger partial charge in [-0.3, -0.25) is 4.79 Å². The summed E-state index contributed by atoms with van der Waals surface area (Å²) in [6.45, 7) is 6.82. The van der Waals surface area contributed by atoms with Crippen LogP contribution >= 0.6 is 0 Å². The number of carbonyl (C=O) groups excluding carboxylic acids is 1. The minimum Gasteiger partial charge on any atom is -0.385 e. The third-order valence-corrected chi connectivity index (χ3v) is 2.06. The Morgan fingerprint density at radius 3 is 2.46 bits per heavy atom. The van der Waals surface area contributed by atoms with Crippen molar-refractivity contribution >= 4 is 5.78 Å². The van der Waals surface area contributed by atoms with Crippen LogP contribution in [0.5, 0.6) is 0 Å². The fourth-order valence-corrected chi connectivity index (χ4v) is 1.17. The minimum atomic E-state index is -0.281. The normalized spacial score (nSPS) is 15.4. The molecule has 0 amide bonds. The van der Waals surface area contributed by atoms with Crippen molar-refractivity contribution in [1.82, 2.24) is 0 Å². The molecule has 2 unspecified atom stereocenters. The zero-order chi connectivity index (χ0) is 10.3. The first-order valence-electron chi connectivity index (χ1n) is 4.77. The molecule has 3 nitrogen and oxygen atoms in total. The molecule has 0 aromatic rings. The predicted octanol–water partition coefficient (Wildman–Crippen LogP) is 1.65. The van der Waals surface area contributed by atoms with Gasteiger partial charge < -0.3 is 9.47 Å². The summed E-state index contributed by atoms with van der Waals surface area (Å²) in [7, 11) is 1.64. The van der Waals surface area contributed by atoms with E-state index in [4.69, 9.17) is 9.47 Å². The average Bonchev–Trinajstić information content (AvgIpc) is 2.13. The Morgan fingerprint density at radius 1 is 1.38 bits per heavy atom. The predicted molar refractivity (Wildman–Crippen MR) is 51.8 cm³/mol. The lowest BCUT2D eigenvalue weighted by Crippen LogP contribution is -2.27. The molecule has 3 heteroatoms. The lowest BCUT2D eigenvalue weighted by molar-refractivity contribution is -0.133. The molecule has 78 valence electrons. The average molecular weight is 188 g/mol. The number of hydrogen-bond donors (Lipinski definition) is 0. The maximum absolute atomic E-state index is 11.6. The topological polar surface area (TPSA) is 35.5 Å². The van der Waals surface area contributed by atoms with Gasteiger partial charge in [0.25, 0.3) is 0 Å². The van der Waals surface area contributed by atoms with Crippen molar-refractivity contribution in [3.8, 4) is 0 Å². The van der Waals surface area contributed by atoms with E-state index in [9.17, 15) is 4.79 Å². The standard InChI is InChI=1S/C10H20O3/c1-5-13-9(3)10(11)8(2)6-7-12-4/h8-9H,5-7H2,1-4H3. The first-order valence-corrected chi connectivity index (χ1v) is 4.77. The van der Waals surface area contributed by atoms with Crippen molar-refractivity contribution in [3.63, 3.8) is 0 Å². The second-order valence-electron chi connectivity index (χ2n) is 3.18. The summed E-state index contributed by atoms with van der Waals surface area (Å²) in [5.41, 5.74) is 0. The summed E-state index contributed by atoms with van der Waals surface area (Å²) in [5, 5.41) is 0. The number of methoxy groups -OCH3 is 1. The van der Waals surface area contributed by atoms with E-state index in [-0.39, 0.29) is 17.8 Å². The van der Waals surface area contributed by atoms with Crippen molar-refractivity contribution in [2.24, 2.45) is 5.92 Å². The van der Waals surface area contributed by atoms with Gasteiger partial charge in [-0.1, -0.05) is 6.92 Å². The van der Waals surface area contributed by atoms with Crippen LogP contribution in [0, 0.1) is 5.92 Å². The van der Waals surface area contributed by atoms with E-state index in [1.54, 1.807) is 14.0 Å². The van der Waals surface area contributed by atoms with E-state index in [1.807, 2.05) is 13.8 Å². The van der Waals surface area contributed by atoms with Gasteiger partial charge in [-0.05, 0) is 20.3 Å². The number of rotatable bonds is 7. The number of ketones is 1. The number of Topliss-reactive ketones (excluding diaryl/α,β-unsaturated/α-hetero) is 1. The van der Waals surface area contributed by atoms with Crippen LogP contribution in [0.2, 0.25) is 0 Å². The molecule has 0 heterocycles. The van der Waals surface area contributed by atoms with E-state index >= 15 is 0 Å². The van der Waals surface area contributed by atoms with Crippen LogP contribution in [-0.4, -0.2) is 32.2 Å². The molecule has 0 saturated carbocycles. The second-order valence-corrected chi connectivity index (χ2v) is 3.18. The van der Waals surface area contributed by atoms with Gasteiger partial charge in [0.2, 0.25) is 0 Å². The summed E-state index contributed by atoms with van der Waals surface area (Å²) in [5.74, 6) is 0.195. The molecule has 0 aliphatic heterocycles. The lowest BCUT2D eigenvalue weighted by Gasteiger charge is -2.15. The van der Waals surface area contributed by atoms with Crippen LogP contribution in [0.1, 0.15) is 27.2 Å². The van der Waals surface area contributed by atoms with Crippen molar-refractivity contribution in [1.29, 1.82) is 0 Å². The molecule has 0 aliphatic carbocycles.